The van der Waals surface area contributed by atoms with Crippen molar-refractivity contribution in [2.24, 2.45) is 5.92 Å². The smallest absolute Gasteiger partial charge is 0.303 e. The highest BCUT2D eigenvalue weighted by molar-refractivity contribution is 6.74. The fourth-order valence-electron chi connectivity index (χ4n) is 0.924. The molecule has 0 radical (unpaired) electrons. The van der Waals surface area contributed by atoms with Crippen LogP contribution in [0.5, 0.6) is 0 Å². The SMILES string of the molecule is C[C@@H](CO[Si](C)(C)C(C)(C)C)CC(=O)O. The summed E-state index contributed by atoms with van der Waals surface area (Å²) in [5.41, 5.74) is 0. The summed E-state index contributed by atoms with van der Waals surface area (Å²) in [6.07, 6.45) is 0.189. The standard InChI is InChI=1S/C11H24O3Si/c1-9(7-10(12)13)8-14-15(5,6)11(2,3)4/h9H,7-8H2,1-6H3,(H,12,13)/t9-/m1/s1. The predicted molar refractivity (Wildman–Crippen MR) is 64.6 cm³/mol. The zero-order chi connectivity index (χ0) is 12.3. The van der Waals surface area contributed by atoms with Gasteiger partial charge in [-0.1, -0.05) is 27.7 Å². The molecule has 0 aromatic heterocycles. The van der Waals surface area contributed by atoms with Crippen LogP contribution in [-0.2, 0) is 9.22 Å². The lowest BCUT2D eigenvalue weighted by atomic mass is 10.1. The summed E-state index contributed by atoms with van der Waals surface area (Å²) < 4.78 is 5.93. The van der Waals surface area contributed by atoms with Crippen LogP contribution in [0, 0.1) is 5.92 Å². The van der Waals surface area contributed by atoms with Crippen LogP contribution in [-0.4, -0.2) is 26.0 Å². The lowest BCUT2D eigenvalue weighted by Gasteiger charge is -2.36. The molecule has 0 aliphatic heterocycles. The van der Waals surface area contributed by atoms with E-state index < -0.39 is 14.3 Å². The highest BCUT2D eigenvalue weighted by Gasteiger charge is 2.37. The Bertz CT molecular complexity index is 218. The van der Waals surface area contributed by atoms with E-state index in [1.165, 1.54) is 0 Å². The van der Waals surface area contributed by atoms with Crippen LogP contribution in [0.3, 0.4) is 0 Å². The van der Waals surface area contributed by atoms with Crippen molar-refractivity contribution in [1.29, 1.82) is 0 Å². The molecule has 15 heavy (non-hydrogen) atoms. The largest absolute Gasteiger partial charge is 0.481 e. The third-order valence-electron chi connectivity index (χ3n) is 3.06. The molecule has 0 rings (SSSR count). The highest BCUT2D eigenvalue weighted by atomic mass is 28.4. The van der Waals surface area contributed by atoms with Crippen molar-refractivity contribution in [2.75, 3.05) is 6.61 Å². The van der Waals surface area contributed by atoms with Gasteiger partial charge in [0.25, 0.3) is 0 Å². The predicted octanol–water partition coefficient (Wildman–Crippen LogP) is 3.12. The van der Waals surface area contributed by atoms with Crippen molar-refractivity contribution in [3.63, 3.8) is 0 Å². The second-order valence-electron chi connectivity index (χ2n) is 5.77. The van der Waals surface area contributed by atoms with Gasteiger partial charge in [0.1, 0.15) is 0 Å². The molecule has 0 aliphatic rings. The van der Waals surface area contributed by atoms with Crippen molar-refractivity contribution in [3.8, 4) is 0 Å². The van der Waals surface area contributed by atoms with E-state index in [0.717, 1.165) is 0 Å². The van der Waals surface area contributed by atoms with Crippen molar-refractivity contribution < 1.29 is 14.3 Å². The van der Waals surface area contributed by atoms with Gasteiger partial charge in [-0.2, -0.15) is 0 Å². The molecule has 0 saturated heterocycles. The maximum Gasteiger partial charge on any atom is 0.303 e. The molecule has 3 nitrogen and oxygen atoms in total. The topological polar surface area (TPSA) is 46.5 Å². The average molecular weight is 232 g/mol. The van der Waals surface area contributed by atoms with Gasteiger partial charge in [0.2, 0.25) is 0 Å². The minimum atomic E-state index is -1.71. The van der Waals surface area contributed by atoms with Gasteiger partial charge in [-0.05, 0) is 24.1 Å². The first-order chi connectivity index (χ1) is 6.56. The Morgan fingerprint density at radius 1 is 1.40 bits per heavy atom. The molecule has 1 N–H and O–H groups in total. The van der Waals surface area contributed by atoms with E-state index in [-0.39, 0.29) is 17.4 Å². The molecular formula is C11H24O3Si. The Labute approximate surface area is 94.0 Å². The fraction of sp³-hybridized carbons (Fsp3) is 0.909. The first kappa shape index (κ1) is 14.6. The van der Waals surface area contributed by atoms with Gasteiger partial charge in [-0.15, -0.1) is 0 Å². The molecule has 0 bridgehead atoms. The van der Waals surface area contributed by atoms with Crippen molar-refractivity contribution >= 4 is 14.3 Å². The quantitative estimate of drug-likeness (QED) is 0.741. The zero-order valence-corrected chi connectivity index (χ0v) is 11.8. The highest BCUT2D eigenvalue weighted by Crippen LogP contribution is 2.36. The second-order valence-corrected chi connectivity index (χ2v) is 10.6. The molecule has 0 unspecified atom stereocenters. The number of rotatable bonds is 5. The van der Waals surface area contributed by atoms with Gasteiger partial charge < -0.3 is 9.53 Å². The summed E-state index contributed by atoms with van der Waals surface area (Å²) >= 11 is 0. The molecule has 0 saturated carbocycles. The van der Waals surface area contributed by atoms with E-state index >= 15 is 0 Å². The minimum absolute atomic E-state index is 0.0941. The molecular weight excluding hydrogens is 208 g/mol. The zero-order valence-electron chi connectivity index (χ0n) is 10.8. The lowest BCUT2D eigenvalue weighted by molar-refractivity contribution is -0.138. The van der Waals surface area contributed by atoms with E-state index in [1.54, 1.807) is 0 Å². The van der Waals surface area contributed by atoms with Crippen LogP contribution in [0.1, 0.15) is 34.1 Å². The molecule has 0 aromatic carbocycles. The molecule has 1 atom stereocenters. The van der Waals surface area contributed by atoms with Gasteiger partial charge in [-0.3, -0.25) is 4.79 Å². The number of carbonyl (C=O) groups is 1. The summed E-state index contributed by atoms with van der Waals surface area (Å²) in [5.74, 6) is -0.655. The van der Waals surface area contributed by atoms with E-state index in [4.69, 9.17) is 9.53 Å². The molecule has 4 heteroatoms. The van der Waals surface area contributed by atoms with Crippen LogP contribution < -0.4 is 0 Å². The second kappa shape index (κ2) is 5.12. The van der Waals surface area contributed by atoms with Gasteiger partial charge in [0.05, 0.1) is 6.42 Å². The maximum atomic E-state index is 10.5. The molecule has 90 valence electrons. The van der Waals surface area contributed by atoms with E-state index in [1.807, 2.05) is 6.92 Å². The van der Waals surface area contributed by atoms with Gasteiger partial charge >= 0.3 is 5.97 Å². The number of aliphatic carboxylic acids is 1. The van der Waals surface area contributed by atoms with Crippen LogP contribution in [0.2, 0.25) is 18.1 Å². The first-order valence-electron chi connectivity index (χ1n) is 5.42. The van der Waals surface area contributed by atoms with Gasteiger partial charge in [-0.25, -0.2) is 0 Å². The minimum Gasteiger partial charge on any atom is -0.481 e. The van der Waals surface area contributed by atoms with Crippen molar-refractivity contribution in [1.82, 2.24) is 0 Å². The molecule has 0 amide bonds. The fourth-order valence-corrected chi connectivity index (χ4v) is 2.06. The third kappa shape index (κ3) is 5.32. The number of carboxylic acid groups (broad SMARTS) is 1. The van der Waals surface area contributed by atoms with Gasteiger partial charge in [0.15, 0.2) is 8.32 Å². The van der Waals surface area contributed by atoms with E-state index in [0.29, 0.717) is 6.61 Å². The number of carboxylic acids is 1. The first-order valence-corrected chi connectivity index (χ1v) is 8.33. The third-order valence-corrected chi connectivity index (χ3v) is 7.56. The summed E-state index contributed by atoms with van der Waals surface area (Å²) in [6, 6.07) is 0. The monoisotopic (exact) mass is 232 g/mol. The summed E-state index contributed by atoms with van der Waals surface area (Å²) in [7, 11) is -1.71. The Balaban J connectivity index is 4.10. The average Bonchev–Trinajstić information content (AvgIpc) is 1.97. The summed E-state index contributed by atoms with van der Waals surface area (Å²) in [4.78, 5) is 10.5. The Kier molecular flexibility index (Phi) is 5.00. The molecule has 0 heterocycles. The number of hydrogen-bond acceptors (Lipinski definition) is 2. The summed E-state index contributed by atoms with van der Waals surface area (Å²) in [5, 5.41) is 8.82. The Hall–Kier alpha value is -0.353. The van der Waals surface area contributed by atoms with Crippen LogP contribution in [0.4, 0.5) is 0 Å². The van der Waals surface area contributed by atoms with Crippen LogP contribution in [0.15, 0.2) is 0 Å². The molecule has 0 spiro atoms. The van der Waals surface area contributed by atoms with Crippen LogP contribution >= 0.6 is 0 Å². The lowest BCUT2D eigenvalue weighted by Crippen LogP contribution is -2.41. The van der Waals surface area contributed by atoms with Crippen LogP contribution in [0.25, 0.3) is 0 Å². The summed E-state index contributed by atoms with van der Waals surface area (Å²) in [6.45, 7) is 13.4. The van der Waals surface area contributed by atoms with Gasteiger partial charge in [0, 0.05) is 6.61 Å². The Morgan fingerprint density at radius 3 is 2.20 bits per heavy atom. The Morgan fingerprint density at radius 2 is 1.87 bits per heavy atom. The maximum absolute atomic E-state index is 10.5. The van der Waals surface area contributed by atoms with Crippen molar-refractivity contribution in [3.05, 3.63) is 0 Å². The number of hydrogen-bond donors (Lipinski definition) is 1. The van der Waals surface area contributed by atoms with Crippen molar-refractivity contribution in [2.45, 2.75) is 52.2 Å². The molecule has 0 aromatic rings. The van der Waals surface area contributed by atoms with E-state index in [9.17, 15) is 4.79 Å². The molecule has 0 aliphatic carbocycles. The molecule has 0 fully saturated rings. The normalized spacial score (nSPS) is 15.1. The van der Waals surface area contributed by atoms with E-state index in [2.05, 4.69) is 33.9 Å².